The van der Waals surface area contributed by atoms with Gasteiger partial charge in [0.05, 0.1) is 0 Å². The summed E-state index contributed by atoms with van der Waals surface area (Å²) in [6.45, 7) is 5.75. The molecular weight excluding hydrogens is 160 g/mol. The quantitative estimate of drug-likeness (QED) is 0.357. The summed E-state index contributed by atoms with van der Waals surface area (Å²) in [4.78, 5) is 10.5. The van der Waals surface area contributed by atoms with E-state index in [0.717, 1.165) is 18.3 Å². The summed E-state index contributed by atoms with van der Waals surface area (Å²) in [5.74, 6) is 0.707. The molecule has 1 aliphatic rings. The molecule has 0 spiro atoms. The number of aldehydes is 1. The summed E-state index contributed by atoms with van der Waals surface area (Å²) in [5.41, 5.74) is 2.12. The molecule has 13 heavy (non-hydrogen) atoms. The van der Waals surface area contributed by atoms with Gasteiger partial charge in [0.25, 0.3) is 0 Å². The van der Waals surface area contributed by atoms with Gasteiger partial charge in [0.15, 0.2) is 0 Å². The first-order valence-electron chi connectivity index (χ1n) is 4.80. The lowest BCUT2D eigenvalue weighted by molar-refractivity contribution is -0.105. The van der Waals surface area contributed by atoms with E-state index in [1.807, 2.05) is 25.2 Å². The molecule has 0 heterocycles. The van der Waals surface area contributed by atoms with Gasteiger partial charge in [-0.1, -0.05) is 31.7 Å². The highest BCUT2D eigenvalue weighted by molar-refractivity contribution is 5.73. The third-order valence-corrected chi connectivity index (χ3v) is 2.33. The molecule has 1 nitrogen and oxygen atoms in total. The van der Waals surface area contributed by atoms with Crippen LogP contribution in [-0.2, 0) is 4.79 Å². The molecule has 1 rings (SSSR count). The molecule has 70 valence electrons. The number of hydrogen-bond donors (Lipinski definition) is 0. The fourth-order valence-electron chi connectivity index (χ4n) is 1.23. The van der Waals surface area contributed by atoms with Crippen molar-refractivity contribution in [3.63, 3.8) is 0 Å². The van der Waals surface area contributed by atoms with E-state index in [2.05, 4.69) is 6.58 Å². The van der Waals surface area contributed by atoms with Gasteiger partial charge in [-0.25, -0.2) is 0 Å². The number of carbonyl (C=O) groups is 1. The van der Waals surface area contributed by atoms with Crippen molar-refractivity contribution in [3.8, 4) is 0 Å². The molecule has 1 aliphatic carbocycles. The van der Waals surface area contributed by atoms with Crippen molar-refractivity contribution in [1.29, 1.82) is 0 Å². The fourth-order valence-corrected chi connectivity index (χ4v) is 1.23. The van der Waals surface area contributed by atoms with Crippen LogP contribution in [0.1, 0.15) is 26.2 Å². The second-order valence-corrected chi connectivity index (χ2v) is 3.36. The van der Waals surface area contributed by atoms with E-state index < -0.39 is 0 Å². The lowest BCUT2D eigenvalue weighted by Crippen LogP contribution is -1.82. The van der Waals surface area contributed by atoms with E-state index in [1.165, 1.54) is 18.4 Å². The first kappa shape index (κ1) is 9.97. The van der Waals surface area contributed by atoms with Crippen molar-refractivity contribution in [2.45, 2.75) is 26.2 Å². The molecule has 0 aliphatic heterocycles. The molecular formula is C12H16O. The molecule has 0 bridgehead atoms. The third kappa shape index (κ3) is 3.02. The van der Waals surface area contributed by atoms with E-state index in [-0.39, 0.29) is 0 Å². The Kier molecular flexibility index (Phi) is 3.69. The first-order chi connectivity index (χ1) is 6.31. The van der Waals surface area contributed by atoms with Gasteiger partial charge in [-0.05, 0) is 36.3 Å². The summed E-state index contributed by atoms with van der Waals surface area (Å²) in [5, 5.41) is 0. The zero-order valence-electron chi connectivity index (χ0n) is 8.12. The molecule has 0 aromatic heterocycles. The van der Waals surface area contributed by atoms with E-state index >= 15 is 0 Å². The molecule has 0 amide bonds. The Labute approximate surface area is 79.8 Å². The normalized spacial score (nSPS) is 18.5. The summed E-state index contributed by atoms with van der Waals surface area (Å²) >= 11 is 0. The van der Waals surface area contributed by atoms with Crippen LogP contribution in [0.15, 0.2) is 36.0 Å². The maximum absolute atomic E-state index is 10.5. The van der Waals surface area contributed by atoms with Gasteiger partial charge in [0.2, 0.25) is 0 Å². The van der Waals surface area contributed by atoms with Crippen molar-refractivity contribution in [1.82, 2.24) is 0 Å². The SMILES string of the molecule is C=C/C(=C\C=C(\C=O)CC)C1CC1. The van der Waals surface area contributed by atoms with Gasteiger partial charge in [-0.3, -0.25) is 4.79 Å². The average Bonchev–Trinajstić information content (AvgIpc) is 2.96. The number of rotatable bonds is 5. The zero-order valence-corrected chi connectivity index (χ0v) is 8.12. The molecule has 1 fully saturated rings. The van der Waals surface area contributed by atoms with Gasteiger partial charge >= 0.3 is 0 Å². The van der Waals surface area contributed by atoms with Crippen molar-refractivity contribution in [2.24, 2.45) is 5.92 Å². The van der Waals surface area contributed by atoms with Crippen LogP contribution >= 0.6 is 0 Å². The molecule has 0 atom stereocenters. The van der Waals surface area contributed by atoms with E-state index in [9.17, 15) is 4.79 Å². The summed E-state index contributed by atoms with van der Waals surface area (Å²) in [6, 6.07) is 0. The van der Waals surface area contributed by atoms with E-state index in [1.54, 1.807) is 0 Å². The molecule has 0 saturated heterocycles. The second kappa shape index (κ2) is 4.80. The Balaban J connectivity index is 2.65. The Hall–Kier alpha value is -1.11. The Morgan fingerprint density at radius 3 is 2.54 bits per heavy atom. The van der Waals surface area contributed by atoms with Gasteiger partial charge in [-0.15, -0.1) is 0 Å². The van der Waals surface area contributed by atoms with Crippen molar-refractivity contribution in [3.05, 3.63) is 36.0 Å². The summed E-state index contributed by atoms with van der Waals surface area (Å²) in [6.07, 6.45) is 10.1. The van der Waals surface area contributed by atoms with Gasteiger partial charge < -0.3 is 0 Å². The number of hydrogen-bond acceptors (Lipinski definition) is 1. The third-order valence-electron chi connectivity index (χ3n) is 2.33. The molecule has 0 aromatic carbocycles. The van der Waals surface area contributed by atoms with Gasteiger partial charge in [0, 0.05) is 0 Å². The van der Waals surface area contributed by atoms with Crippen LogP contribution in [-0.4, -0.2) is 6.29 Å². The minimum Gasteiger partial charge on any atom is -0.298 e. The Morgan fingerprint density at radius 2 is 2.15 bits per heavy atom. The van der Waals surface area contributed by atoms with Gasteiger partial charge in [0.1, 0.15) is 6.29 Å². The van der Waals surface area contributed by atoms with Crippen molar-refractivity contribution < 1.29 is 4.79 Å². The smallest absolute Gasteiger partial charge is 0.146 e. The van der Waals surface area contributed by atoms with Gasteiger partial charge in [-0.2, -0.15) is 0 Å². The number of allylic oxidation sites excluding steroid dienone is 5. The molecule has 0 aromatic rings. The van der Waals surface area contributed by atoms with E-state index in [0.29, 0.717) is 5.92 Å². The fraction of sp³-hybridized carbons (Fsp3) is 0.417. The average molecular weight is 176 g/mol. The van der Waals surface area contributed by atoms with Crippen LogP contribution < -0.4 is 0 Å². The van der Waals surface area contributed by atoms with E-state index in [4.69, 9.17) is 0 Å². The summed E-state index contributed by atoms with van der Waals surface area (Å²) in [7, 11) is 0. The van der Waals surface area contributed by atoms with Crippen LogP contribution in [0.5, 0.6) is 0 Å². The lowest BCUT2D eigenvalue weighted by Gasteiger charge is -1.95. The molecule has 0 N–H and O–H groups in total. The molecule has 1 saturated carbocycles. The highest BCUT2D eigenvalue weighted by Gasteiger charge is 2.23. The maximum Gasteiger partial charge on any atom is 0.146 e. The zero-order chi connectivity index (χ0) is 9.68. The predicted octanol–water partition coefficient (Wildman–Crippen LogP) is 3.04. The maximum atomic E-state index is 10.5. The highest BCUT2D eigenvalue weighted by Crippen LogP contribution is 2.36. The minimum atomic E-state index is 0.707. The molecule has 1 heteroatoms. The van der Waals surface area contributed by atoms with Crippen molar-refractivity contribution in [2.75, 3.05) is 0 Å². The topological polar surface area (TPSA) is 17.1 Å². The van der Waals surface area contributed by atoms with Crippen LogP contribution in [0, 0.1) is 5.92 Å². The monoisotopic (exact) mass is 176 g/mol. The Morgan fingerprint density at radius 1 is 1.46 bits per heavy atom. The first-order valence-corrected chi connectivity index (χ1v) is 4.80. The molecule has 0 unspecified atom stereocenters. The standard InChI is InChI=1S/C12H16O/c1-3-10(9-13)5-6-11(4-2)12-7-8-12/h4-6,9,12H,2-3,7-8H2,1H3/b10-5+,11-6+. The highest BCUT2D eigenvalue weighted by atomic mass is 16.1. The molecule has 0 radical (unpaired) electrons. The van der Waals surface area contributed by atoms with Crippen LogP contribution in [0.2, 0.25) is 0 Å². The largest absolute Gasteiger partial charge is 0.298 e. The van der Waals surface area contributed by atoms with Crippen LogP contribution in [0.3, 0.4) is 0 Å². The summed E-state index contributed by atoms with van der Waals surface area (Å²) < 4.78 is 0. The Bertz CT molecular complexity index is 254. The predicted molar refractivity (Wildman–Crippen MR) is 55.4 cm³/mol. The minimum absolute atomic E-state index is 0.707. The van der Waals surface area contributed by atoms with Crippen molar-refractivity contribution >= 4 is 6.29 Å². The lowest BCUT2D eigenvalue weighted by atomic mass is 10.1. The second-order valence-electron chi connectivity index (χ2n) is 3.36. The van der Waals surface area contributed by atoms with Crippen LogP contribution in [0.25, 0.3) is 0 Å². The number of carbonyl (C=O) groups excluding carboxylic acids is 1. The van der Waals surface area contributed by atoms with Crippen LogP contribution in [0.4, 0.5) is 0 Å².